The molecular weight excluding hydrogens is 444 g/mol. The molecule has 1 amide bonds. The molecule has 0 aliphatic carbocycles. The largest absolute Gasteiger partial charge is 0.489 e. The zero-order valence-electron chi connectivity index (χ0n) is 22.6. The highest BCUT2D eigenvalue weighted by Gasteiger charge is 2.20. The molecule has 4 heteroatoms. The number of rotatable bonds is 13. The average Bonchev–Trinajstić information content (AvgIpc) is 2.89. The Hall–Kier alpha value is -3.27. The van der Waals surface area contributed by atoms with Crippen LogP contribution in [0.2, 0.25) is 0 Å². The van der Waals surface area contributed by atoms with Crippen LogP contribution in [0.4, 0.5) is 5.69 Å². The van der Waals surface area contributed by atoms with Gasteiger partial charge in [0.2, 0.25) is 0 Å². The molecule has 192 valence electrons. The summed E-state index contributed by atoms with van der Waals surface area (Å²) in [6, 6.07) is 24.6. The Balaban J connectivity index is 1.82. The van der Waals surface area contributed by atoms with E-state index < -0.39 is 0 Å². The smallest absolute Gasteiger partial charge is 0.252 e. The van der Waals surface area contributed by atoms with Crippen LogP contribution in [-0.2, 0) is 13.0 Å². The van der Waals surface area contributed by atoms with E-state index in [-0.39, 0.29) is 11.9 Å². The van der Waals surface area contributed by atoms with Gasteiger partial charge in [-0.1, -0.05) is 69.7 Å². The van der Waals surface area contributed by atoms with Gasteiger partial charge in [0.05, 0.1) is 6.04 Å². The highest BCUT2D eigenvalue weighted by molar-refractivity contribution is 5.96. The van der Waals surface area contributed by atoms with Crippen molar-refractivity contribution in [2.24, 2.45) is 5.92 Å². The van der Waals surface area contributed by atoms with Crippen molar-refractivity contribution < 1.29 is 9.53 Å². The van der Waals surface area contributed by atoms with Gasteiger partial charge in [-0.3, -0.25) is 4.79 Å². The van der Waals surface area contributed by atoms with Crippen molar-refractivity contribution in [3.05, 3.63) is 95.1 Å². The molecule has 0 aliphatic rings. The maximum absolute atomic E-state index is 13.6. The molecule has 3 rings (SSSR count). The quantitative estimate of drug-likeness (QED) is 0.271. The number of anilines is 1. The van der Waals surface area contributed by atoms with Gasteiger partial charge in [-0.25, -0.2) is 0 Å². The molecule has 1 unspecified atom stereocenters. The van der Waals surface area contributed by atoms with Crippen LogP contribution in [0.25, 0.3) is 0 Å². The van der Waals surface area contributed by atoms with E-state index in [2.05, 4.69) is 81.2 Å². The average molecular weight is 487 g/mol. The van der Waals surface area contributed by atoms with Crippen LogP contribution in [-0.4, -0.2) is 19.0 Å². The lowest BCUT2D eigenvalue weighted by molar-refractivity contribution is 0.0931. The van der Waals surface area contributed by atoms with Gasteiger partial charge in [0.15, 0.2) is 0 Å². The van der Waals surface area contributed by atoms with Crippen molar-refractivity contribution >= 4 is 11.6 Å². The molecule has 0 saturated heterocycles. The molecule has 0 aromatic heterocycles. The van der Waals surface area contributed by atoms with E-state index in [1.165, 1.54) is 5.69 Å². The van der Waals surface area contributed by atoms with E-state index in [0.717, 1.165) is 60.4 Å². The molecule has 0 spiro atoms. The Kier molecular flexibility index (Phi) is 10.4. The van der Waals surface area contributed by atoms with Gasteiger partial charge in [-0.2, -0.15) is 0 Å². The van der Waals surface area contributed by atoms with Gasteiger partial charge in [0.1, 0.15) is 12.4 Å². The second-order valence-corrected chi connectivity index (χ2v) is 9.76. The predicted octanol–water partition coefficient (Wildman–Crippen LogP) is 7.58. The number of benzene rings is 3. The molecule has 0 heterocycles. The lowest BCUT2D eigenvalue weighted by Gasteiger charge is -2.24. The standard InChI is InChI=1S/C32H42N2O2/c1-6-12-26-16-15-25(23-36-29-13-10-9-11-14-29)22-30(26)32(35)33-31(21-24(4)5)27-17-19-28(20-18-27)34(7-2)8-3/h9-11,13-20,22,24,31H,6-8,12,21,23H2,1-5H3,(H,33,35). The van der Waals surface area contributed by atoms with Crippen LogP contribution in [0, 0.1) is 5.92 Å². The lowest BCUT2D eigenvalue weighted by Crippen LogP contribution is -2.30. The van der Waals surface area contributed by atoms with Gasteiger partial charge in [0, 0.05) is 24.3 Å². The molecule has 3 aromatic rings. The Bertz CT molecular complexity index is 1070. The molecule has 0 saturated carbocycles. The number of nitrogens with one attached hydrogen (secondary N) is 1. The van der Waals surface area contributed by atoms with Gasteiger partial charge in [-0.15, -0.1) is 0 Å². The van der Waals surface area contributed by atoms with Crippen molar-refractivity contribution in [3.8, 4) is 5.75 Å². The number of aryl methyl sites for hydroxylation is 1. The Morgan fingerprint density at radius 2 is 1.61 bits per heavy atom. The zero-order chi connectivity index (χ0) is 25.9. The Morgan fingerprint density at radius 1 is 0.917 bits per heavy atom. The maximum atomic E-state index is 13.6. The van der Waals surface area contributed by atoms with Gasteiger partial charge in [-0.05, 0) is 79.6 Å². The van der Waals surface area contributed by atoms with Crippen molar-refractivity contribution in [3.63, 3.8) is 0 Å². The van der Waals surface area contributed by atoms with Crippen molar-refractivity contribution in [1.29, 1.82) is 0 Å². The lowest BCUT2D eigenvalue weighted by atomic mass is 9.95. The summed E-state index contributed by atoms with van der Waals surface area (Å²) in [7, 11) is 0. The number of nitrogens with zero attached hydrogens (tertiary/aromatic N) is 1. The summed E-state index contributed by atoms with van der Waals surface area (Å²) in [5.41, 5.74) is 5.19. The molecule has 4 nitrogen and oxygen atoms in total. The van der Waals surface area contributed by atoms with E-state index in [1.807, 2.05) is 36.4 Å². The first-order valence-electron chi connectivity index (χ1n) is 13.4. The Labute approximate surface area is 217 Å². The molecule has 36 heavy (non-hydrogen) atoms. The van der Waals surface area contributed by atoms with Crippen LogP contribution in [0.15, 0.2) is 72.8 Å². The molecule has 1 atom stereocenters. The number of carbonyl (C=O) groups is 1. The predicted molar refractivity (Wildman–Crippen MR) is 151 cm³/mol. The van der Waals surface area contributed by atoms with Crippen LogP contribution >= 0.6 is 0 Å². The monoisotopic (exact) mass is 486 g/mol. The van der Waals surface area contributed by atoms with Crippen molar-refractivity contribution in [2.45, 2.75) is 66.5 Å². The summed E-state index contributed by atoms with van der Waals surface area (Å²) in [4.78, 5) is 16.0. The second-order valence-electron chi connectivity index (χ2n) is 9.76. The molecule has 0 fully saturated rings. The molecule has 0 radical (unpaired) electrons. The summed E-state index contributed by atoms with van der Waals surface area (Å²) in [5.74, 6) is 1.27. The molecular formula is C32H42N2O2. The first-order chi connectivity index (χ1) is 17.4. The van der Waals surface area contributed by atoms with Gasteiger partial charge in [0.25, 0.3) is 5.91 Å². The maximum Gasteiger partial charge on any atom is 0.252 e. The van der Waals surface area contributed by atoms with E-state index >= 15 is 0 Å². The minimum absolute atomic E-state index is 0.0153. The summed E-state index contributed by atoms with van der Waals surface area (Å²) >= 11 is 0. The highest BCUT2D eigenvalue weighted by atomic mass is 16.5. The fraction of sp³-hybridized carbons (Fsp3) is 0.406. The topological polar surface area (TPSA) is 41.6 Å². The minimum Gasteiger partial charge on any atom is -0.489 e. The van der Waals surface area contributed by atoms with E-state index in [9.17, 15) is 4.79 Å². The summed E-state index contributed by atoms with van der Waals surface area (Å²) in [6.45, 7) is 13.3. The number of para-hydroxylation sites is 1. The zero-order valence-corrected chi connectivity index (χ0v) is 22.6. The molecule has 3 aromatic carbocycles. The van der Waals surface area contributed by atoms with Crippen molar-refractivity contribution in [2.75, 3.05) is 18.0 Å². The highest BCUT2D eigenvalue weighted by Crippen LogP contribution is 2.26. The van der Waals surface area contributed by atoms with Crippen LogP contribution in [0.5, 0.6) is 5.75 Å². The van der Waals surface area contributed by atoms with Crippen LogP contribution in [0.1, 0.15) is 80.6 Å². The number of hydrogen-bond acceptors (Lipinski definition) is 3. The summed E-state index contributed by atoms with van der Waals surface area (Å²) in [6.07, 6.45) is 2.74. The van der Waals surface area contributed by atoms with E-state index in [0.29, 0.717) is 12.5 Å². The number of carbonyl (C=O) groups excluding carboxylic acids is 1. The van der Waals surface area contributed by atoms with Crippen molar-refractivity contribution in [1.82, 2.24) is 5.32 Å². The molecule has 1 N–H and O–H groups in total. The number of hydrogen-bond donors (Lipinski definition) is 1. The van der Waals surface area contributed by atoms with Crippen LogP contribution < -0.4 is 15.0 Å². The summed E-state index contributed by atoms with van der Waals surface area (Å²) < 4.78 is 5.94. The minimum atomic E-state index is -0.0399. The normalized spacial score (nSPS) is 11.8. The number of ether oxygens (including phenoxy) is 1. The van der Waals surface area contributed by atoms with E-state index in [4.69, 9.17) is 4.74 Å². The molecule has 0 bridgehead atoms. The second kappa shape index (κ2) is 13.7. The van der Waals surface area contributed by atoms with E-state index in [1.54, 1.807) is 0 Å². The summed E-state index contributed by atoms with van der Waals surface area (Å²) in [5, 5.41) is 3.36. The first kappa shape index (κ1) is 27.3. The fourth-order valence-corrected chi connectivity index (χ4v) is 4.59. The van der Waals surface area contributed by atoms with Crippen LogP contribution in [0.3, 0.4) is 0 Å². The molecule has 0 aliphatic heterocycles. The third kappa shape index (κ3) is 7.61. The fourth-order valence-electron chi connectivity index (χ4n) is 4.59. The Morgan fingerprint density at radius 3 is 2.22 bits per heavy atom. The third-order valence-electron chi connectivity index (χ3n) is 6.52. The SMILES string of the molecule is CCCc1ccc(COc2ccccc2)cc1C(=O)NC(CC(C)C)c1ccc(N(CC)CC)cc1. The number of amides is 1. The third-order valence-corrected chi connectivity index (χ3v) is 6.52. The van der Waals surface area contributed by atoms with Gasteiger partial charge < -0.3 is 15.0 Å². The first-order valence-corrected chi connectivity index (χ1v) is 13.4. The van der Waals surface area contributed by atoms with Gasteiger partial charge >= 0.3 is 0 Å².